The van der Waals surface area contributed by atoms with Gasteiger partial charge in [-0.05, 0) is 25.5 Å². The summed E-state index contributed by atoms with van der Waals surface area (Å²) in [5, 5.41) is 18.7. The lowest BCUT2D eigenvalue weighted by Crippen LogP contribution is -2.29. The van der Waals surface area contributed by atoms with E-state index in [1.165, 1.54) is 13.0 Å². The van der Waals surface area contributed by atoms with Crippen LogP contribution in [-0.4, -0.2) is 22.1 Å². The van der Waals surface area contributed by atoms with Gasteiger partial charge in [-0.2, -0.15) is 0 Å². The molecule has 66 valence electrons. The summed E-state index contributed by atoms with van der Waals surface area (Å²) in [5.41, 5.74) is 0.775. The number of aliphatic hydroxyl groups is 2. The summed E-state index contributed by atoms with van der Waals surface area (Å²) in [6.07, 6.45) is 2.18. The van der Waals surface area contributed by atoms with E-state index >= 15 is 0 Å². The van der Waals surface area contributed by atoms with Crippen LogP contribution in [0.3, 0.4) is 0 Å². The number of carbonyl (C=O) groups is 1. The fourth-order valence-electron chi connectivity index (χ4n) is 1.36. The van der Waals surface area contributed by atoms with E-state index in [-0.39, 0.29) is 11.5 Å². The minimum Gasteiger partial charge on any atom is -0.511 e. The fourth-order valence-corrected chi connectivity index (χ4v) is 1.36. The molecule has 3 nitrogen and oxygen atoms in total. The van der Waals surface area contributed by atoms with Crippen LogP contribution in [0.4, 0.5) is 0 Å². The van der Waals surface area contributed by atoms with E-state index in [0.29, 0.717) is 0 Å². The SMILES string of the molecule is CC(=O)C1C(O)=CC(C)=CC1O. The van der Waals surface area contributed by atoms with Crippen molar-refractivity contribution >= 4 is 5.78 Å². The Labute approximate surface area is 71.0 Å². The monoisotopic (exact) mass is 168 g/mol. The zero-order valence-electron chi connectivity index (χ0n) is 7.11. The Morgan fingerprint density at radius 3 is 2.58 bits per heavy atom. The molecule has 2 N–H and O–H groups in total. The first-order valence-corrected chi connectivity index (χ1v) is 3.80. The molecule has 0 saturated heterocycles. The molecule has 0 spiro atoms. The maximum atomic E-state index is 10.9. The number of hydrogen-bond donors (Lipinski definition) is 2. The first-order valence-electron chi connectivity index (χ1n) is 3.80. The summed E-state index contributed by atoms with van der Waals surface area (Å²) in [6, 6.07) is 0. The maximum Gasteiger partial charge on any atom is 0.143 e. The highest BCUT2D eigenvalue weighted by atomic mass is 16.3. The van der Waals surface area contributed by atoms with Crippen molar-refractivity contribution in [2.45, 2.75) is 20.0 Å². The zero-order chi connectivity index (χ0) is 9.30. The third kappa shape index (κ3) is 1.56. The summed E-state index contributed by atoms with van der Waals surface area (Å²) >= 11 is 0. The first kappa shape index (κ1) is 9.00. The van der Waals surface area contributed by atoms with E-state index in [2.05, 4.69) is 0 Å². The van der Waals surface area contributed by atoms with Gasteiger partial charge in [0.15, 0.2) is 0 Å². The number of ketones is 1. The van der Waals surface area contributed by atoms with E-state index in [1.54, 1.807) is 13.0 Å². The van der Waals surface area contributed by atoms with Crippen molar-refractivity contribution in [3.63, 3.8) is 0 Å². The average molecular weight is 168 g/mol. The number of hydrogen-bond acceptors (Lipinski definition) is 3. The minimum atomic E-state index is -0.882. The Balaban J connectivity index is 2.94. The van der Waals surface area contributed by atoms with Gasteiger partial charge >= 0.3 is 0 Å². The van der Waals surface area contributed by atoms with Gasteiger partial charge in [-0.1, -0.05) is 6.08 Å². The predicted octanol–water partition coefficient (Wildman–Crippen LogP) is 0.954. The van der Waals surface area contributed by atoms with Crippen molar-refractivity contribution in [2.24, 2.45) is 5.92 Å². The molecule has 0 bridgehead atoms. The molecule has 2 unspecified atom stereocenters. The van der Waals surface area contributed by atoms with Gasteiger partial charge in [0.1, 0.15) is 17.5 Å². The van der Waals surface area contributed by atoms with Crippen LogP contribution >= 0.6 is 0 Å². The second-order valence-corrected chi connectivity index (χ2v) is 3.06. The van der Waals surface area contributed by atoms with Gasteiger partial charge in [0.25, 0.3) is 0 Å². The molecule has 0 saturated carbocycles. The Morgan fingerprint density at radius 1 is 1.58 bits per heavy atom. The van der Waals surface area contributed by atoms with Gasteiger partial charge in [0, 0.05) is 0 Å². The van der Waals surface area contributed by atoms with Crippen LogP contribution in [0.2, 0.25) is 0 Å². The van der Waals surface area contributed by atoms with Crippen LogP contribution in [0.1, 0.15) is 13.8 Å². The van der Waals surface area contributed by atoms with E-state index < -0.39 is 12.0 Å². The van der Waals surface area contributed by atoms with Crippen molar-refractivity contribution in [2.75, 3.05) is 0 Å². The molecule has 0 amide bonds. The normalized spacial score (nSPS) is 29.2. The largest absolute Gasteiger partial charge is 0.511 e. The van der Waals surface area contributed by atoms with Crippen LogP contribution in [-0.2, 0) is 4.79 Å². The molecule has 0 radical (unpaired) electrons. The number of allylic oxidation sites excluding steroid dienone is 2. The molecule has 3 heteroatoms. The van der Waals surface area contributed by atoms with Crippen LogP contribution in [0.5, 0.6) is 0 Å². The lowest BCUT2D eigenvalue weighted by atomic mass is 9.89. The molecule has 12 heavy (non-hydrogen) atoms. The van der Waals surface area contributed by atoms with Crippen molar-refractivity contribution in [3.8, 4) is 0 Å². The van der Waals surface area contributed by atoms with Gasteiger partial charge in [-0.25, -0.2) is 0 Å². The highest BCUT2D eigenvalue weighted by Crippen LogP contribution is 2.22. The maximum absolute atomic E-state index is 10.9. The predicted molar refractivity (Wildman–Crippen MR) is 44.6 cm³/mol. The molecule has 0 fully saturated rings. The Hall–Kier alpha value is -1.09. The molecule has 1 aliphatic carbocycles. The highest BCUT2D eigenvalue weighted by Gasteiger charge is 2.28. The molecule has 0 heterocycles. The zero-order valence-corrected chi connectivity index (χ0v) is 7.11. The van der Waals surface area contributed by atoms with Crippen LogP contribution in [0.25, 0.3) is 0 Å². The summed E-state index contributed by atoms with van der Waals surface area (Å²) in [5.74, 6) is -1.04. The number of rotatable bonds is 1. The quantitative estimate of drug-likeness (QED) is 0.613. The summed E-state index contributed by atoms with van der Waals surface area (Å²) in [7, 11) is 0. The minimum absolute atomic E-state index is 0.0463. The second-order valence-electron chi connectivity index (χ2n) is 3.06. The first-order chi connectivity index (χ1) is 5.52. The summed E-state index contributed by atoms with van der Waals surface area (Å²) in [4.78, 5) is 10.9. The Kier molecular flexibility index (Phi) is 2.33. The van der Waals surface area contributed by atoms with Crippen LogP contribution < -0.4 is 0 Å². The van der Waals surface area contributed by atoms with Crippen LogP contribution in [0, 0.1) is 5.92 Å². The topological polar surface area (TPSA) is 57.5 Å². The van der Waals surface area contributed by atoms with Crippen molar-refractivity contribution < 1.29 is 15.0 Å². The van der Waals surface area contributed by atoms with Gasteiger partial charge in [-0.15, -0.1) is 0 Å². The molecular formula is C9H12O3. The standard InChI is InChI=1S/C9H12O3/c1-5-3-7(11)9(6(2)10)8(12)4-5/h3-4,7,9,11-12H,1-2H3. The van der Waals surface area contributed by atoms with E-state index in [9.17, 15) is 15.0 Å². The molecule has 0 aromatic carbocycles. The van der Waals surface area contributed by atoms with E-state index in [0.717, 1.165) is 5.57 Å². The third-order valence-corrected chi connectivity index (χ3v) is 1.91. The van der Waals surface area contributed by atoms with Crippen molar-refractivity contribution in [1.82, 2.24) is 0 Å². The van der Waals surface area contributed by atoms with E-state index in [4.69, 9.17) is 0 Å². The van der Waals surface area contributed by atoms with Gasteiger partial charge < -0.3 is 10.2 Å². The van der Waals surface area contributed by atoms with Gasteiger partial charge in [0.05, 0.1) is 6.10 Å². The number of carbonyl (C=O) groups excluding carboxylic acids is 1. The third-order valence-electron chi connectivity index (χ3n) is 1.91. The number of aliphatic hydroxyl groups excluding tert-OH is 2. The smallest absolute Gasteiger partial charge is 0.143 e. The molecular weight excluding hydrogens is 156 g/mol. The molecule has 1 aliphatic rings. The van der Waals surface area contributed by atoms with Gasteiger partial charge in [-0.3, -0.25) is 4.79 Å². The second kappa shape index (κ2) is 3.11. The molecule has 1 rings (SSSR count). The Morgan fingerprint density at radius 2 is 2.17 bits per heavy atom. The Bertz CT molecular complexity index is 263. The molecule has 0 aromatic heterocycles. The molecule has 2 atom stereocenters. The average Bonchev–Trinajstić information content (AvgIpc) is 1.82. The highest BCUT2D eigenvalue weighted by molar-refractivity contribution is 5.82. The lowest BCUT2D eigenvalue weighted by Gasteiger charge is -2.21. The summed E-state index contributed by atoms with van der Waals surface area (Å²) < 4.78 is 0. The van der Waals surface area contributed by atoms with Gasteiger partial charge in [0.2, 0.25) is 0 Å². The van der Waals surface area contributed by atoms with E-state index in [1.807, 2.05) is 0 Å². The summed E-state index contributed by atoms with van der Waals surface area (Å²) in [6.45, 7) is 3.11. The lowest BCUT2D eigenvalue weighted by molar-refractivity contribution is -0.122. The van der Waals surface area contributed by atoms with Crippen molar-refractivity contribution in [1.29, 1.82) is 0 Å². The van der Waals surface area contributed by atoms with Crippen molar-refractivity contribution in [3.05, 3.63) is 23.5 Å². The van der Waals surface area contributed by atoms with Crippen LogP contribution in [0.15, 0.2) is 23.5 Å². The molecule has 0 aromatic rings. The fraction of sp³-hybridized carbons (Fsp3) is 0.444. The number of Topliss-reactive ketones (excluding diaryl/α,β-unsaturated/α-hetero) is 1. The molecule has 0 aliphatic heterocycles.